The van der Waals surface area contributed by atoms with Crippen LogP contribution in [0.2, 0.25) is 0 Å². The summed E-state index contributed by atoms with van der Waals surface area (Å²) in [6, 6.07) is 0. The monoisotopic (exact) mass is 243 g/mol. The molecule has 0 fully saturated rings. The van der Waals surface area contributed by atoms with E-state index in [1.54, 1.807) is 0 Å². The van der Waals surface area contributed by atoms with Crippen LogP contribution in [0.3, 0.4) is 0 Å². The van der Waals surface area contributed by atoms with Crippen molar-refractivity contribution in [3.63, 3.8) is 0 Å². The molecule has 0 aliphatic heterocycles. The highest BCUT2D eigenvalue weighted by atomic mass is 16.5. The molecule has 0 spiro atoms. The maximum atomic E-state index is 5.63. The van der Waals surface area contributed by atoms with Crippen LogP contribution in [0, 0.1) is 0 Å². The molecular formula is C15H33NO. The van der Waals surface area contributed by atoms with Gasteiger partial charge in [-0.2, -0.15) is 0 Å². The Kier molecular flexibility index (Phi) is 11.0. The van der Waals surface area contributed by atoms with Gasteiger partial charge in [-0.25, -0.2) is 0 Å². The first-order valence-electron chi connectivity index (χ1n) is 7.43. The molecule has 0 aliphatic rings. The second-order valence-electron chi connectivity index (χ2n) is 5.42. The van der Waals surface area contributed by atoms with Gasteiger partial charge in [0.15, 0.2) is 0 Å². The van der Waals surface area contributed by atoms with E-state index in [9.17, 15) is 0 Å². The molecule has 2 nitrogen and oxygen atoms in total. The van der Waals surface area contributed by atoms with E-state index in [0.717, 1.165) is 19.4 Å². The third-order valence-electron chi connectivity index (χ3n) is 3.71. The van der Waals surface area contributed by atoms with Crippen LogP contribution < -0.4 is 5.73 Å². The smallest absolute Gasteiger partial charge is 0.0651 e. The highest BCUT2D eigenvalue weighted by Gasteiger charge is 2.21. The highest BCUT2D eigenvalue weighted by molar-refractivity contribution is 4.74. The number of hydrogen-bond donors (Lipinski definition) is 1. The third-order valence-corrected chi connectivity index (χ3v) is 3.71. The van der Waals surface area contributed by atoms with E-state index in [0.29, 0.717) is 0 Å². The Morgan fingerprint density at radius 3 is 1.94 bits per heavy atom. The summed E-state index contributed by atoms with van der Waals surface area (Å²) in [6.45, 7) is 5.26. The molecule has 0 aromatic heterocycles. The molecule has 1 atom stereocenters. The first kappa shape index (κ1) is 16.9. The summed E-state index contributed by atoms with van der Waals surface area (Å²) >= 11 is 0. The average Bonchev–Trinajstić information content (AvgIpc) is 2.35. The lowest BCUT2D eigenvalue weighted by Gasteiger charge is -2.28. The van der Waals surface area contributed by atoms with Crippen LogP contribution in [0.5, 0.6) is 0 Å². The standard InChI is InChI=1S/C15H33NO/c1-4-5-6-7-8-9-10-12-15(2,17-3)13-11-14-16/h4-14,16H2,1-3H3. The van der Waals surface area contributed by atoms with E-state index in [1.807, 2.05) is 7.11 Å². The van der Waals surface area contributed by atoms with Gasteiger partial charge in [-0.1, -0.05) is 51.9 Å². The van der Waals surface area contributed by atoms with Gasteiger partial charge in [-0.15, -0.1) is 0 Å². The lowest BCUT2D eigenvalue weighted by molar-refractivity contribution is -0.0111. The molecule has 0 aromatic carbocycles. The van der Waals surface area contributed by atoms with Crippen molar-refractivity contribution < 1.29 is 4.74 Å². The van der Waals surface area contributed by atoms with Crippen molar-refractivity contribution in [2.45, 2.75) is 83.7 Å². The van der Waals surface area contributed by atoms with Crippen LogP contribution >= 0.6 is 0 Å². The Hall–Kier alpha value is -0.0800. The summed E-state index contributed by atoms with van der Waals surface area (Å²) in [5, 5.41) is 0. The van der Waals surface area contributed by atoms with E-state index < -0.39 is 0 Å². The summed E-state index contributed by atoms with van der Waals surface area (Å²) < 4.78 is 5.63. The fourth-order valence-electron chi connectivity index (χ4n) is 2.26. The maximum absolute atomic E-state index is 5.63. The first-order chi connectivity index (χ1) is 8.18. The number of hydrogen-bond acceptors (Lipinski definition) is 2. The topological polar surface area (TPSA) is 35.2 Å². The molecule has 0 aromatic rings. The van der Waals surface area contributed by atoms with Crippen molar-refractivity contribution in [2.24, 2.45) is 5.73 Å². The predicted molar refractivity (Wildman–Crippen MR) is 76.3 cm³/mol. The molecule has 0 saturated carbocycles. The van der Waals surface area contributed by atoms with Gasteiger partial charge in [-0.05, 0) is 32.7 Å². The molecule has 2 heteroatoms. The first-order valence-corrected chi connectivity index (χ1v) is 7.43. The maximum Gasteiger partial charge on any atom is 0.0651 e. The number of nitrogens with two attached hydrogens (primary N) is 1. The molecule has 0 bridgehead atoms. The van der Waals surface area contributed by atoms with Crippen molar-refractivity contribution >= 4 is 0 Å². The van der Waals surface area contributed by atoms with E-state index in [-0.39, 0.29) is 5.60 Å². The number of ether oxygens (including phenoxy) is 1. The summed E-state index contributed by atoms with van der Waals surface area (Å²) in [5.74, 6) is 0. The van der Waals surface area contributed by atoms with E-state index >= 15 is 0 Å². The molecular weight excluding hydrogens is 210 g/mol. The number of unbranched alkanes of at least 4 members (excludes halogenated alkanes) is 6. The van der Waals surface area contributed by atoms with Gasteiger partial charge in [0, 0.05) is 7.11 Å². The van der Waals surface area contributed by atoms with Crippen LogP contribution in [-0.4, -0.2) is 19.3 Å². The Bertz CT molecular complexity index is 161. The van der Waals surface area contributed by atoms with E-state index in [4.69, 9.17) is 10.5 Å². The van der Waals surface area contributed by atoms with Crippen LogP contribution in [0.15, 0.2) is 0 Å². The predicted octanol–water partition coefficient (Wildman–Crippen LogP) is 4.27. The van der Waals surface area contributed by atoms with Crippen molar-refractivity contribution in [1.82, 2.24) is 0 Å². The summed E-state index contributed by atoms with van der Waals surface area (Å²) in [6.07, 6.45) is 12.9. The zero-order valence-corrected chi connectivity index (χ0v) is 12.3. The van der Waals surface area contributed by atoms with Gasteiger partial charge >= 0.3 is 0 Å². The second kappa shape index (κ2) is 11.0. The molecule has 0 saturated heterocycles. The quantitative estimate of drug-likeness (QED) is 0.519. The molecule has 0 aliphatic carbocycles. The summed E-state index contributed by atoms with van der Waals surface area (Å²) in [7, 11) is 1.83. The zero-order chi connectivity index (χ0) is 13.0. The number of rotatable bonds is 12. The highest BCUT2D eigenvalue weighted by Crippen LogP contribution is 2.24. The van der Waals surface area contributed by atoms with E-state index in [1.165, 1.54) is 51.4 Å². The Balaban J connectivity index is 3.48. The zero-order valence-electron chi connectivity index (χ0n) is 12.3. The molecule has 17 heavy (non-hydrogen) atoms. The molecule has 0 rings (SSSR count). The molecule has 0 amide bonds. The van der Waals surface area contributed by atoms with Gasteiger partial charge in [-0.3, -0.25) is 0 Å². The van der Waals surface area contributed by atoms with Gasteiger partial charge in [0.1, 0.15) is 0 Å². The Morgan fingerprint density at radius 2 is 1.41 bits per heavy atom. The van der Waals surface area contributed by atoms with Crippen molar-refractivity contribution in [1.29, 1.82) is 0 Å². The van der Waals surface area contributed by atoms with Crippen molar-refractivity contribution in [3.8, 4) is 0 Å². The largest absolute Gasteiger partial charge is 0.379 e. The van der Waals surface area contributed by atoms with Crippen LogP contribution in [0.1, 0.15) is 78.1 Å². The fourth-order valence-corrected chi connectivity index (χ4v) is 2.26. The summed E-state index contributed by atoms with van der Waals surface area (Å²) in [5.41, 5.74) is 5.62. The average molecular weight is 243 g/mol. The fraction of sp³-hybridized carbons (Fsp3) is 1.00. The minimum Gasteiger partial charge on any atom is -0.379 e. The third kappa shape index (κ3) is 9.61. The van der Waals surface area contributed by atoms with Crippen LogP contribution in [-0.2, 0) is 4.74 Å². The van der Waals surface area contributed by atoms with Gasteiger partial charge in [0.25, 0.3) is 0 Å². The molecule has 104 valence electrons. The lowest BCUT2D eigenvalue weighted by Crippen LogP contribution is -2.28. The molecule has 2 N–H and O–H groups in total. The van der Waals surface area contributed by atoms with Crippen LogP contribution in [0.4, 0.5) is 0 Å². The van der Waals surface area contributed by atoms with Gasteiger partial charge in [0.05, 0.1) is 5.60 Å². The van der Waals surface area contributed by atoms with Gasteiger partial charge in [0.2, 0.25) is 0 Å². The molecule has 0 heterocycles. The lowest BCUT2D eigenvalue weighted by atomic mass is 9.92. The Labute approximate surface area is 108 Å². The van der Waals surface area contributed by atoms with Crippen LogP contribution in [0.25, 0.3) is 0 Å². The molecule has 1 unspecified atom stereocenters. The minimum absolute atomic E-state index is 0.0583. The minimum atomic E-state index is 0.0583. The van der Waals surface area contributed by atoms with Gasteiger partial charge < -0.3 is 10.5 Å². The second-order valence-corrected chi connectivity index (χ2v) is 5.42. The normalized spacial score (nSPS) is 14.8. The van der Waals surface area contributed by atoms with Crippen molar-refractivity contribution in [2.75, 3.05) is 13.7 Å². The number of methoxy groups -OCH3 is 1. The summed E-state index contributed by atoms with van der Waals surface area (Å²) in [4.78, 5) is 0. The SMILES string of the molecule is CCCCCCCCCC(C)(CCCN)OC. The Morgan fingerprint density at radius 1 is 0.882 bits per heavy atom. The van der Waals surface area contributed by atoms with E-state index in [2.05, 4.69) is 13.8 Å². The van der Waals surface area contributed by atoms with Crippen molar-refractivity contribution in [3.05, 3.63) is 0 Å². The molecule has 0 radical (unpaired) electrons.